The van der Waals surface area contributed by atoms with E-state index in [2.05, 4.69) is 37.9 Å². The number of aromatic nitrogens is 4. The van der Waals surface area contributed by atoms with Crippen molar-refractivity contribution in [2.75, 3.05) is 0 Å². The summed E-state index contributed by atoms with van der Waals surface area (Å²) < 4.78 is 7.21. The van der Waals surface area contributed by atoms with Gasteiger partial charge in [0.05, 0.1) is 28.8 Å². The van der Waals surface area contributed by atoms with Crippen molar-refractivity contribution in [3.8, 4) is 17.2 Å². The first-order valence-electron chi connectivity index (χ1n) is 7.33. The molecule has 4 aromatic rings. The number of nitrogens with zero attached hydrogens (tertiary/aromatic N) is 4. The van der Waals surface area contributed by atoms with Crippen LogP contribution in [0.2, 0.25) is 0 Å². The van der Waals surface area contributed by atoms with Crippen molar-refractivity contribution < 1.29 is 4.52 Å². The van der Waals surface area contributed by atoms with Crippen molar-refractivity contribution in [3.05, 3.63) is 60.2 Å². The van der Waals surface area contributed by atoms with Crippen LogP contribution in [-0.4, -0.2) is 19.7 Å². The van der Waals surface area contributed by atoms with E-state index < -0.39 is 0 Å². The third-order valence-corrected chi connectivity index (χ3v) is 3.74. The highest BCUT2D eigenvalue weighted by Crippen LogP contribution is 2.29. The monoisotopic (exact) mass is 305 g/mol. The van der Waals surface area contributed by atoms with Gasteiger partial charge in [-0.2, -0.15) is 4.98 Å². The van der Waals surface area contributed by atoms with E-state index in [1.54, 1.807) is 6.92 Å². The van der Waals surface area contributed by atoms with Gasteiger partial charge < -0.3 is 14.8 Å². The third kappa shape index (κ3) is 2.29. The zero-order chi connectivity index (χ0) is 15.8. The molecule has 2 N–H and O–H groups in total. The van der Waals surface area contributed by atoms with Crippen LogP contribution >= 0.6 is 0 Å². The molecule has 0 aliphatic carbocycles. The maximum Gasteiger partial charge on any atom is 0.223 e. The molecule has 6 heteroatoms. The summed E-state index contributed by atoms with van der Waals surface area (Å²) in [6.07, 6.45) is 1.81. The largest absolute Gasteiger partial charge is 0.339 e. The lowest BCUT2D eigenvalue weighted by atomic mass is 10.2. The van der Waals surface area contributed by atoms with Crippen LogP contribution in [0.1, 0.15) is 11.6 Å². The molecule has 0 aliphatic heterocycles. The van der Waals surface area contributed by atoms with Gasteiger partial charge >= 0.3 is 0 Å². The van der Waals surface area contributed by atoms with Gasteiger partial charge in [0.25, 0.3) is 0 Å². The van der Waals surface area contributed by atoms with E-state index in [4.69, 9.17) is 10.3 Å². The van der Waals surface area contributed by atoms with E-state index in [0.29, 0.717) is 18.3 Å². The van der Waals surface area contributed by atoms with Crippen LogP contribution in [0.25, 0.3) is 28.1 Å². The quantitative estimate of drug-likeness (QED) is 0.629. The fourth-order valence-electron chi connectivity index (χ4n) is 2.67. The molecule has 0 saturated heterocycles. The fourth-order valence-corrected chi connectivity index (χ4v) is 2.67. The van der Waals surface area contributed by atoms with Gasteiger partial charge in [-0.05, 0) is 24.3 Å². The van der Waals surface area contributed by atoms with Gasteiger partial charge in [0.2, 0.25) is 11.7 Å². The Morgan fingerprint density at radius 1 is 1.17 bits per heavy atom. The van der Waals surface area contributed by atoms with Gasteiger partial charge in [0.1, 0.15) is 0 Å². The molecule has 0 fully saturated rings. The van der Waals surface area contributed by atoms with Crippen molar-refractivity contribution in [3.63, 3.8) is 0 Å². The maximum absolute atomic E-state index is 5.63. The number of para-hydroxylation sites is 1. The number of rotatable bonds is 3. The molecule has 23 heavy (non-hydrogen) atoms. The number of hydrogen-bond acceptors (Lipinski definition) is 5. The van der Waals surface area contributed by atoms with Crippen molar-refractivity contribution in [2.24, 2.45) is 5.73 Å². The minimum Gasteiger partial charge on any atom is -0.339 e. The van der Waals surface area contributed by atoms with Gasteiger partial charge in [0, 0.05) is 18.9 Å². The molecule has 3 aromatic heterocycles. The number of pyridine rings is 1. The van der Waals surface area contributed by atoms with Crippen LogP contribution in [-0.2, 0) is 6.54 Å². The second kappa shape index (κ2) is 5.33. The fraction of sp³-hybridized carbons (Fsp3) is 0.118. The van der Waals surface area contributed by atoms with Gasteiger partial charge in [0.15, 0.2) is 0 Å². The van der Waals surface area contributed by atoms with E-state index >= 15 is 0 Å². The van der Waals surface area contributed by atoms with Crippen LogP contribution in [0.5, 0.6) is 0 Å². The average Bonchev–Trinajstić information content (AvgIpc) is 3.18. The Morgan fingerprint density at radius 2 is 2.04 bits per heavy atom. The number of hydrogen-bond donors (Lipinski definition) is 1. The predicted molar refractivity (Wildman–Crippen MR) is 87.0 cm³/mol. The zero-order valence-electron chi connectivity index (χ0n) is 12.6. The highest BCUT2D eigenvalue weighted by Gasteiger charge is 2.16. The first-order valence-corrected chi connectivity index (χ1v) is 7.33. The Labute approximate surface area is 132 Å². The average molecular weight is 305 g/mol. The Balaban J connectivity index is 1.98. The van der Waals surface area contributed by atoms with Crippen LogP contribution in [0.3, 0.4) is 0 Å². The predicted octanol–water partition coefficient (Wildman–Crippen LogP) is 2.84. The zero-order valence-corrected chi connectivity index (χ0v) is 12.6. The Kier molecular flexibility index (Phi) is 3.17. The van der Waals surface area contributed by atoms with Crippen LogP contribution in [0, 0.1) is 6.92 Å². The van der Waals surface area contributed by atoms with E-state index in [1.165, 1.54) is 0 Å². The lowest BCUT2D eigenvalue weighted by molar-refractivity contribution is 0.394. The van der Waals surface area contributed by atoms with E-state index in [0.717, 1.165) is 28.0 Å². The smallest absolute Gasteiger partial charge is 0.223 e. The SMILES string of the molecule is Cc1nc(-c2cc3ccccc3n2-c2ccc(CN)nc2)no1. The molecule has 0 saturated carbocycles. The standard InChI is InChI=1S/C17H15N5O/c1-11-20-17(21-23-11)16-8-12-4-2-3-5-15(12)22(16)14-7-6-13(9-18)19-10-14/h2-8,10H,9,18H2,1H3. The molecule has 0 amide bonds. The van der Waals surface area contributed by atoms with Gasteiger partial charge in [-0.15, -0.1) is 0 Å². The molecule has 0 unspecified atom stereocenters. The summed E-state index contributed by atoms with van der Waals surface area (Å²) in [4.78, 5) is 8.75. The summed E-state index contributed by atoms with van der Waals surface area (Å²) in [6.45, 7) is 2.20. The highest BCUT2D eigenvalue weighted by molar-refractivity contribution is 5.88. The van der Waals surface area contributed by atoms with E-state index in [9.17, 15) is 0 Å². The number of fused-ring (bicyclic) bond motifs is 1. The van der Waals surface area contributed by atoms with Crippen molar-refractivity contribution in [1.29, 1.82) is 0 Å². The number of nitrogens with two attached hydrogens (primary N) is 1. The summed E-state index contributed by atoms with van der Waals surface area (Å²) >= 11 is 0. The molecule has 6 nitrogen and oxygen atoms in total. The minimum absolute atomic E-state index is 0.420. The summed E-state index contributed by atoms with van der Waals surface area (Å²) in [7, 11) is 0. The van der Waals surface area contributed by atoms with Crippen LogP contribution in [0.15, 0.2) is 53.2 Å². The molecule has 1 aromatic carbocycles. The first-order chi connectivity index (χ1) is 11.3. The Hall–Kier alpha value is -2.99. The molecule has 0 aliphatic rings. The topological polar surface area (TPSA) is 82.8 Å². The van der Waals surface area contributed by atoms with Crippen LogP contribution < -0.4 is 5.73 Å². The summed E-state index contributed by atoms with van der Waals surface area (Å²) in [5, 5.41) is 5.16. The molecular formula is C17H15N5O. The van der Waals surface area contributed by atoms with E-state index in [1.807, 2.05) is 30.5 Å². The molecule has 0 radical (unpaired) electrons. The molecule has 0 spiro atoms. The lowest BCUT2D eigenvalue weighted by Gasteiger charge is -2.09. The maximum atomic E-state index is 5.63. The molecule has 0 atom stereocenters. The highest BCUT2D eigenvalue weighted by atomic mass is 16.5. The first kappa shape index (κ1) is 13.7. The molecule has 114 valence electrons. The Morgan fingerprint density at radius 3 is 2.74 bits per heavy atom. The molecule has 4 rings (SSSR count). The molecule has 3 heterocycles. The normalized spacial score (nSPS) is 11.2. The second-order valence-electron chi connectivity index (χ2n) is 5.27. The van der Waals surface area contributed by atoms with Crippen LogP contribution in [0.4, 0.5) is 0 Å². The number of aryl methyl sites for hydroxylation is 1. The summed E-state index contributed by atoms with van der Waals surface area (Å²) in [6, 6.07) is 14.1. The van der Waals surface area contributed by atoms with Gasteiger partial charge in [-0.3, -0.25) is 4.98 Å². The summed E-state index contributed by atoms with van der Waals surface area (Å²) in [5.74, 6) is 1.09. The van der Waals surface area contributed by atoms with Gasteiger partial charge in [-0.25, -0.2) is 0 Å². The summed E-state index contributed by atoms with van der Waals surface area (Å²) in [5.41, 5.74) is 9.34. The minimum atomic E-state index is 0.420. The lowest BCUT2D eigenvalue weighted by Crippen LogP contribution is -2.02. The number of benzene rings is 1. The second-order valence-corrected chi connectivity index (χ2v) is 5.27. The van der Waals surface area contributed by atoms with Crippen molar-refractivity contribution in [1.82, 2.24) is 19.7 Å². The molecular weight excluding hydrogens is 290 g/mol. The third-order valence-electron chi connectivity index (χ3n) is 3.74. The Bertz CT molecular complexity index is 968. The van der Waals surface area contributed by atoms with Crippen molar-refractivity contribution in [2.45, 2.75) is 13.5 Å². The van der Waals surface area contributed by atoms with E-state index in [-0.39, 0.29) is 0 Å². The van der Waals surface area contributed by atoms with Gasteiger partial charge in [-0.1, -0.05) is 23.4 Å². The van der Waals surface area contributed by atoms with Crippen molar-refractivity contribution >= 4 is 10.9 Å². The molecule has 0 bridgehead atoms.